The fourth-order valence-corrected chi connectivity index (χ4v) is 1.37. The first-order chi connectivity index (χ1) is 7.66. The largest absolute Gasteiger partial charge is 0.478 e. The van der Waals surface area contributed by atoms with Crippen molar-refractivity contribution in [2.45, 2.75) is 19.5 Å². The third kappa shape index (κ3) is 2.51. The molecule has 0 saturated heterocycles. The van der Waals surface area contributed by atoms with Crippen molar-refractivity contribution >= 4 is 5.97 Å². The van der Waals surface area contributed by atoms with Crippen LogP contribution < -0.4 is 0 Å². The summed E-state index contributed by atoms with van der Waals surface area (Å²) in [6.07, 6.45) is -7.83. The molecule has 1 aromatic rings. The summed E-state index contributed by atoms with van der Waals surface area (Å²) < 4.78 is 62.5. The Morgan fingerprint density at radius 1 is 1.41 bits per heavy atom. The van der Waals surface area contributed by atoms with Crippen LogP contribution in [0.4, 0.5) is 22.0 Å². The van der Waals surface area contributed by atoms with Crippen LogP contribution >= 0.6 is 0 Å². The Balaban J connectivity index is 3.67. The standard InChI is InChI=1S/C9H6F5NO2/c1-3-2-15-6(7(10)11)4(8(16)17)5(3)9(12,13)14/h2,7H,1H3,(H,16,17). The van der Waals surface area contributed by atoms with Gasteiger partial charge < -0.3 is 5.11 Å². The Labute approximate surface area is 91.9 Å². The molecule has 0 aromatic carbocycles. The van der Waals surface area contributed by atoms with Crippen molar-refractivity contribution in [3.8, 4) is 0 Å². The number of aromatic carboxylic acids is 1. The molecule has 0 aliphatic heterocycles. The molecule has 1 N–H and O–H groups in total. The van der Waals surface area contributed by atoms with Gasteiger partial charge in [-0.1, -0.05) is 0 Å². The number of carboxylic acid groups (broad SMARTS) is 1. The number of carbonyl (C=O) groups is 1. The molecule has 3 nitrogen and oxygen atoms in total. The number of nitrogens with zero attached hydrogens (tertiary/aromatic N) is 1. The van der Waals surface area contributed by atoms with Crippen molar-refractivity contribution in [3.63, 3.8) is 0 Å². The zero-order valence-corrected chi connectivity index (χ0v) is 8.35. The number of aromatic nitrogens is 1. The summed E-state index contributed by atoms with van der Waals surface area (Å²) in [7, 11) is 0. The van der Waals surface area contributed by atoms with Crippen LogP contribution in [0, 0.1) is 6.92 Å². The number of aryl methyl sites for hydroxylation is 1. The first-order valence-corrected chi connectivity index (χ1v) is 4.24. The number of alkyl halides is 5. The van der Waals surface area contributed by atoms with Gasteiger partial charge in [0.15, 0.2) is 0 Å². The Hall–Kier alpha value is -1.73. The lowest BCUT2D eigenvalue weighted by atomic mass is 10.0. The molecule has 94 valence electrons. The summed E-state index contributed by atoms with van der Waals surface area (Å²) in [5, 5.41) is 8.61. The highest BCUT2D eigenvalue weighted by molar-refractivity contribution is 5.91. The van der Waals surface area contributed by atoms with Gasteiger partial charge in [0.2, 0.25) is 0 Å². The summed E-state index contributed by atoms with van der Waals surface area (Å²) >= 11 is 0. The lowest BCUT2D eigenvalue weighted by Gasteiger charge is -2.15. The van der Waals surface area contributed by atoms with E-state index < -0.39 is 41.0 Å². The van der Waals surface area contributed by atoms with Crippen molar-refractivity contribution in [2.24, 2.45) is 0 Å². The summed E-state index contributed by atoms with van der Waals surface area (Å²) in [5.41, 5.74) is -4.97. The minimum atomic E-state index is -5.02. The van der Waals surface area contributed by atoms with Crippen molar-refractivity contribution in [2.75, 3.05) is 0 Å². The first-order valence-electron chi connectivity index (χ1n) is 4.24. The van der Waals surface area contributed by atoms with Gasteiger partial charge in [-0.05, 0) is 12.5 Å². The molecule has 0 aliphatic carbocycles. The Kier molecular flexibility index (Phi) is 3.35. The average molecular weight is 255 g/mol. The van der Waals surface area contributed by atoms with Crippen molar-refractivity contribution in [1.82, 2.24) is 4.98 Å². The molecular formula is C9H6F5NO2. The van der Waals surface area contributed by atoms with Gasteiger partial charge in [-0.3, -0.25) is 4.98 Å². The number of rotatable bonds is 2. The SMILES string of the molecule is Cc1cnc(C(F)F)c(C(=O)O)c1C(F)(F)F. The topological polar surface area (TPSA) is 50.2 Å². The monoisotopic (exact) mass is 255 g/mol. The molecule has 0 fully saturated rings. The van der Waals surface area contributed by atoms with Crippen LogP contribution in [0.2, 0.25) is 0 Å². The Bertz CT molecular complexity index is 455. The fourth-order valence-electron chi connectivity index (χ4n) is 1.37. The van der Waals surface area contributed by atoms with Crippen LogP contribution in [-0.2, 0) is 6.18 Å². The predicted molar refractivity (Wildman–Crippen MR) is 45.9 cm³/mol. The van der Waals surface area contributed by atoms with E-state index in [1.54, 1.807) is 0 Å². The molecule has 0 radical (unpaired) electrons. The molecule has 1 aromatic heterocycles. The maximum Gasteiger partial charge on any atom is 0.417 e. The Morgan fingerprint density at radius 2 is 1.94 bits per heavy atom. The van der Waals surface area contributed by atoms with Crippen molar-refractivity contribution in [3.05, 3.63) is 28.6 Å². The highest BCUT2D eigenvalue weighted by Gasteiger charge is 2.40. The van der Waals surface area contributed by atoms with Gasteiger partial charge in [0.1, 0.15) is 5.69 Å². The molecule has 0 atom stereocenters. The summed E-state index contributed by atoms with van der Waals surface area (Å²) in [6, 6.07) is 0. The fraction of sp³-hybridized carbons (Fsp3) is 0.333. The second-order valence-electron chi connectivity index (χ2n) is 3.18. The van der Waals surface area contributed by atoms with Gasteiger partial charge in [-0.2, -0.15) is 13.2 Å². The third-order valence-corrected chi connectivity index (χ3v) is 2.00. The van der Waals surface area contributed by atoms with Gasteiger partial charge in [0, 0.05) is 6.20 Å². The van der Waals surface area contributed by atoms with Crippen LogP contribution in [0.25, 0.3) is 0 Å². The highest BCUT2D eigenvalue weighted by Crippen LogP contribution is 2.37. The molecule has 0 saturated carbocycles. The smallest absolute Gasteiger partial charge is 0.417 e. The van der Waals surface area contributed by atoms with Crippen LogP contribution in [-0.4, -0.2) is 16.1 Å². The van der Waals surface area contributed by atoms with E-state index in [-0.39, 0.29) is 0 Å². The number of pyridine rings is 1. The maximum atomic E-state index is 12.6. The lowest BCUT2D eigenvalue weighted by molar-refractivity contribution is -0.138. The van der Waals surface area contributed by atoms with Crippen molar-refractivity contribution < 1.29 is 31.9 Å². The summed E-state index contributed by atoms with van der Waals surface area (Å²) in [4.78, 5) is 13.7. The molecule has 0 aliphatic rings. The second-order valence-corrected chi connectivity index (χ2v) is 3.18. The highest BCUT2D eigenvalue weighted by atomic mass is 19.4. The minimum Gasteiger partial charge on any atom is -0.478 e. The van der Waals surface area contributed by atoms with Gasteiger partial charge in [-0.25, -0.2) is 13.6 Å². The zero-order valence-electron chi connectivity index (χ0n) is 8.35. The van der Waals surface area contributed by atoms with Crippen molar-refractivity contribution in [1.29, 1.82) is 0 Å². The first kappa shape index (κ1) is 13.3. The van der Waals surface area contributed by atoms with E-state index in [4.69, 9.17) is 5.11 Å². The molecule has 0 unspecified atom stereocenters. The van der Waals surface area contributed by atoms with Gasteiger partial charge in [0.05, 0.1) is 11.1 Å². The summed E-state index contributed by atoms with van der Waals surface area (Å²) in [5.74, 6) is -2.08. The van der Waals surface area contributed by atoms with E-state index in [9.17, 15) is 26.7 Å². The van der Waals surface area contributed by atoms with E-state index in [2.05, 4.69) is 4.98 Å². The average Bonchev–Trinajstić information content (AvgIpc) is 2.14. The molecule has 0 spiro atoms. The molecule has 0 bridgehead atoms. The van der Waals surface area contributed by atoms with Gasteiger partial charge in [0.25, 0.3) is 6.43 Å². The second kappa shape index (κ2) is 4.27. The maximum absolute atomic E-state index is 12.6. The van der Waals surface area contributed by atoms with E-state index in [1.165, 1.54) is 0 Å². The predicted octanol–water partition coefficient (Wildman–Crippen LogP) is 3.04. The van der Waals surface area contributed by atoms with Gasteiger partial charge >= 0.3 is 12.1 Å². The molecule has 1 rings (SSSR count). The molecular weight excluding hydrogens is 249 g/mol. The zero-order chi connectivity index (χ0) is 13.4. The number of hydrogen-bond donors (Lipinski definition) is 1. The number of hydrogen-bond acceptors (Lipinski definition) is 2. The molecule has 0 amide bonds. The molecule has 1 heterocycles. The van der Waals surface area contributed by atoms with Crippen LogP contribution in [0.15, 0.2) is 6.20 Å². The van der Waals surface area contributed by atoms with E-state index in [0.717, 1.165) is 6.92 Å². The third-order valence-electron chi connectivity index (χ3n) is 2.00. The summed E-state index contributed by atoms with van der Waals surface area (Å²) in [6.45, 7) is 0.956. The minimum absolute atomic E-state index is 0.515. The van der Waals surface area contributed by atoms with E-state index in [1.807, 2.05) is 0 Å². The number of carboxylic acids is 1. The van der Waals surface area contributed by atoms with Crippen LogP contribution in [0.3, 0.4) is 0 Å². The molecule has 8 heteroatoms. The van der Waals surface area contributed by atoms with Crippen LogP contribution in [0.5, 0.6) is 0 Å². The number of halogens is 5. The van der Waals surface area contributed by atoms with E-state index in [0.29, 0.717) is 6.20 Å². The normalized spacial score (nSPS) is 11.9. The van der Waals surface area contributed by atoms with Gasteiger partial charge in [-0.15, -0.1) is 0 Å². The van der Waals surface area contributed by atoms with Crippen LogP contribution in [0.1, 0.15) is 33.6 Å². The lowest BCUT2D eigenvalue weighted by Crippen LogP contribution is -2.18. The quantitative estimate of drug-likeness (QED) is 0.826. The Morgan fingerprint density at radius 3 is 2.29 bits per heavy atom. The molecule has 17 heavy (non-hydrogen) atoms. The van der Waals surface area contributed by atoms with E-state index >= 15 is 0 Å².